The van der Waals surface area contributed by atoms with Gasteiger partial charge in [0.25, 0.3) is 5.91 Å². The first-order chi connectivity index (χ1) is 16.7. The van der Waals surface area contributed by atoms with Gasteiger partial charge in [0, 0.05) is 0 Å². The highest BCUT2D eigenvalue weighted by atomic mass is 32.2. The molecule has 0 aliphatic carbocycles. The quantitative estimate of drug-likeness (QED) is 0.249. The highest BCUT2D eigenvalue weighted by Gasteiger charge is 2.46. The number of amides is 1. The molecule has 1 saturated heterocycles. The van der Waals surface area contributed by atoms with Crippen molar-refractivity contribution < 1.29 is 37.5 Å². The van der Waals surface area contributed by atoms with Gasteiger partial charge in [-0.05, 0) is 24.1 Å². The molecule has 1 amide bonds. The highest BCUT2D eigenvalue weighted by Crippen LogP contribution is 2.34. The largest absolute Gasteiger partial charge is 0.507 e. The number of fused-ring (bicyclic) bond motifs is 7. The SMILES string of the molecule is Nc1ncnc2c1nc1n2[C@@H]2O[C@H](COS(=O)(=O)NC(=O)c3c(O)cccc3C/C=C/1)[C@@H](O)[C@H]2O. The predicted octanol–water partition coefficient (Wildman–Crippen LogP) is -1.01. The molecule has 0 unspecified atom stereocenters. The predicted molar refractivity (Wildman–Crippen MR) is 119 cm³/mol. The molecule has 2 aliphatic heterocycles. The summed E-state index contributed by atoms with van der Waals surface area (Å²) < 4.78 is 38.5. The normalized spacial score (nSPS) is 27.3. The summed E-state index contributed by atoms with van der Waals surface area (Å²) in [6.07, 6.45) is -1.13. The van der Waals surface area contributed by atoms with Crippen LogP contribution in [0.15, 0.2) is 30.6 Å². The summed E-state index contributed by atoms with van der Waals surface area (Å²) in [7, 11) is -4.66. The zero-order valence-electron chi connectivity index (χ0n) is 17.8. The summed E-state index contributed by atoms with van der Waals surface area (Å²) in [5.41, 5.74) is 6.43. The van der Waals surface area contributed by atoms with Gasteiger partial charge in [0.1, 0.15) is 36.2 Å². The van der Waals surface area contributed by atoms with Gasteiger partial charge < -0.3 is 25.8 Å². The number of aromatic hydroxyl groups is 1. The molecule has 3 aromatic rings. The molecule has 35 heavy (non-hydrogen) atoms. The second kappa shape index (κ2) is 8.54. The Kier molecular flexibility index (Phi) is 5.65. The Labute approximate surface area is 197 Å². The Morgan fingerprint density at radius 3 is 2.80 bits per heavy atom. The molecule has 0 saturated carbocycles. The third kappa shape index (κ3) is 4.08. The monoisotopic (exact) mass is 504 g/mol. The van der Waals surface area contributed by atoms with Crippen molar-refractivity contribution in [1.82, 2.24) is 24.2 Å². The number of phenolic OH excluding ortho intramolecular Hbond substituents is 1. The summed E-state index contributed by atoms with van der Waals surface area (Å²) in [4.78, 5) is 25.2. The lowest BCUT2D eigenvalue weighted by Crippen LogP contribution is -2.38. The molecular weight excluding hydrogens is 484 g/mol. The van der Waals surface area contributed by atoms with Crippen molar-refractivity contribution in [2.75, 3.05) is 12.3 Å². The van der Waals surface area contributed by atoms with Crippen LogP contribution in [0.1, 0.15) is 28.0 Å². The van der Waals surface area contributed by atoms with Crippen LogP contribution in [0.2, 0.25) is 0 Å². The van der Waals surface area contributed by atoms with Crippen molar-refractivity contribution in [2.24, 2.45) is 0 Å². The smallest absolute Gasteiger partial charge is 0.362 e. The molecule has 0 spiro atoms. The van der Waals surface area contributed by atoms with Crippen LogP contribution in [-0.2, 0) is 25.6 Å². The second-order valence-electron chi connectivity index (χ2n) is 7.90. The summed E-state index contributed by atoms with van der Waals surface area (Å²) in [6.45, 7) is -0.722. The van der Waals surface area contributed by atoms with Crippen LogP contribution in [0.3, 0.4) is 0 Å². The number of nitrogens with zero attached hydrogens (tertiary/aromatic N) is 4. The number of imidazole rings is 1. The molecule has 2 aromatic heterocycles. The van der Waals surface area contributed by atoms with Crippen LogP contribution >= 0.6 is 0 Å². The lowest BCUT2D eigenvalue weighted by molar-refractivity contribution is -0.0471. The molecular formula is C20H20N6O8S. The van der Waals surface area contributed by atoms with Gasteiger partial charge in [0.15, 0.2) is 23.2 Å². The van der Waals surface area contributed by atoms with Gasteiger partial charge in [-0.2, -0.15) is 8.42 Å². The molecule has 4 atom stereocenters. The molecule has 184 valence electrons. The average molecular weight is 504 g/mol. The minimum Gasteiger partial charge on any atom is -0.507 e. The number of aliphatic hydroxyl groups excluding tert-OH is 2. The molecule has 15 heteroatoms. The standard InChI is InChI=1S/C20H20N6O8S/c21-17-14-18(23-8-22-17)26-12(24-14)6-2-4-9-3-1-5-10(27)13(9)19(30)25-35(31,32)33-7-11-15(28)16(29)20(26)34-11/h1-3,5-6,8,11,15-16,20,27-29H,4,7H2,(H,25,30)(H2,21,22,23)/b6-2+/t11-,15-,16-,20-/m1/s1. The number of allylic oxidation sites excluding steroid dienone is 1. The maximum Gasteiger partial charge on any atom is 0.362 e. The number of hydrogen-bond acceptors (Lipinski definition) is 12. The molecule has 1 fully saturated rings. The van der Waals surface area contributed by atoms with E-state index in [1.165, 1.54) is 23.0 Å². The summed E-state index contributed by atoms with van der Waals surface area (Å²) in [5, 5.41) is 31.4. The summed E-state index contributed by atoms with van der Waals surface area (Å²) in [5.74, 6) is -1.23. The Balaban J connectivity index is 1.67. The van der Waals surface area contributed by atoms with E-state index < -0.39 is 53.1 Å². The maximum atomic E-state index is 12.7. The Hall–Kier alpha value is -3.63. The van der Waals surface area contributed by atoms with E-state index in [9.17, 15) is 28.5 Å². The highest BCUT2D eigenvalue weighted by molar-refractivity contribution is 7.85. The number of nitrogens with two attached hydrogens (primary N) is 1. The van der Waals surface area contributed by atoms with Crippen molar-refractivity contribution >= 4 is 39.3 Å². The number of nitrogen functional groups attached to an aromatic ring is 1. The minimum atomic E-state index is -4.66. The fraction of sp³-hybridized carbons (Fsp3) is 0.300. The van der Waals surface area contributed by atoms with Crippen LogP contribution in [0, 0.1) is 0 Å². The Morgan fingerprint density at radius 2 is 2.00 bits per heavy atom. The number of ether oxygens (including phenoxy) is 1. The van der Waals surface area contributed by atoms with Crippen LogP contribution in [-0.4, -0.2) is 74.1 Å². The van der Waals surface area contributed by atoms with E-state index in [0.717, 1.165) is 0 Å². The van der Waals surface area contributed by atoms with Crippen molar-refractivity contribution in [1.29, 1.82) is 0 Å². The van der Waals surface area contributed by atoms with Crippen LogP contribution in [0.4, 0.5) is 5.82 Å². The first kappa shape index (κ1) is 23.1. The molecule has 2 aliphatic rings. The zero-order valence-corrected chi connectivity index (χ0v) is 18.7. The molecule has 5 rings (SSSR count). The Bertz CT molecular complexity index is 1460. The second-order valence-corrected chi connectivity index (χ2v) is 9.25. The van der Waals surface area contributed by atoms with Crippen molar-refractivity contribution in [3.8, 4) is 5.75 Å². The van der Waals surface area contributed by atoms with Gasteiger partial charge in [0.05, 0.1) is 12.2 Å². The molecule has 0 radical (unpaired) electrons. The van der Waals surface area contributed by atoms with Gasteiger partial charge >= 0.3 is 10.3 Å². The summed E-state index contributed by atoms with van der Waals surface area (Å²) in [6, 6.07) is 4.29. The van der Waals surface area contributed by atoms with E-state index in [4.69, 9.17) is 14.7 Å². The third-order valence-electron chi connectivity index (χ3n) is 5.69. The van der Waals surface area contributed by atoms with Gasteiger partial charge in [0.2, 0.25) is 0 Å². The van der Waals surface area contributed by atoms with E-state index in [0.29, 0.717) is 5.56 Å². The zero-order chi connectivity index (χ0) is 24.9. The number of aliphatic hydroxyl groups is 2. The van der Waals surface area contributed by atoms with E-state index in [2.05, 4.69) is 15.0 Å². The van der Waals surface area contributed by atoms with Crippen molar-refractivity contribution in [3.63, 3.8) is 0 Å². The van der Waals surface area contributed by atoms with Gasteiger partial charge in [-0.15, -0.1) is 0 Å². The van der Waals surface area contributed by atoms with E-state index in [1.54, 1.807) is 22.9 Å². The van der Waals surface area contributed by atoms with Crippen molar-refractivity contribution in [2.45, 2.75) is 31.0 Å². The fourth-order valence-electron chi connectivity index (χ4n) is 4.05. The van der Waals surface area contributed by atoms with Crippen LogP contribution < -0.4 is 10.5 Å². The third-order valence-corrected chi connectivity index (χ3v) is 6.57. The average Bonchev–Trinajstić information content (AvgIpc) is 3.29. The lowest BCUT2D eigenvalue weighted by Gasteiger charge is -2.18. The van der Waals surface area contributed by atoms with Crippen LogP contribution in [0.5, 0.6) is 5.75 Å². The number of aromatic nitrogens is 4. The maximum absolute atomic E-state index is 12.7. The van der Waals surface area contributed by atoms with Gasteiger partial charge in [-0.1, -0.05) is 18.2 Å². The number of nitrogens with one attached hydrogen (secondary N) is 1. The number of benzene rings is 1. The molecule has 14 nitrogen and oxygen atoms in total. The number of carbonyl (C=O) groups is 1. The van der Waals surface area contributed by atoms with Gasteiger partial charge in [-0.25, -0.2) is 19.7 Å². The summed E-state index contributed by atoms with van der Waals surface area (Å²) >= 11 is 0. The number of anilines is 1. The molecule has 1 aromatic carbocycles. The van der Waals surface area contributed by atoms with Crippen LogP contribution in [0.25, 0.3) is 17.2 Å². The van der Waals surface area contributed by atoms with Crippen molar-refractivity contribution in [3.05, 3.63) is 47.6 Å². The lowest BCUT2D eigenvalue weighted by atomic mass is 10.0. The van der Waals surface area contributed by atoms with E-state index in [-0.39, 0.29) is 34.8 Å². The molecule has 2 bridgehead atoms. The number of carbonyl (C=O) groups excluding carboxylic acids is 1. The number of phenols is 1. The first-order valence-corrected chi connectivity index (χ1v) is 11.8. The minimum absolute atomic E-state index is 0.0729. The topological polar surface area (TPSA) is 212 Å². The molecule has 4 heterocycles. The number of rotatable bonds is 0. The first-order valence-electron chi connectivity index (χ1n) is 10.3. The van der Waals surface area contributed by atoms with E-state index in [1.807, 2.05) is 0 Å². The fourth-order valence-corrected chi connectivity index (χ4v) is 4.75. The van der Waals surface area contributed by atoms with Gasteiger partial charge in [-0.3, -0.25) is 13.5 Å². The number of hydrogen-bond donors (Lipinski definition) is 5. The molecule has 6 N–H and O–H groups in total. The van der Waals surface area contributed by atoms with E-state index >= 15 is 0 Å². The Morgan fingerprint density at radius 1 is 1.20 bits per heavy atom.